The average molecular weight is 303 g/mol. The lowest BCUT2D eigenvalue weighted by Gasteiger charge is -2.36. The van der Waals surface area contributed by atoms with E-state index in [4.69, 9.17) is 0 Å². The second kappa shape index (κ2) is 7.60. The fraction of sp³-hybridized carbons (Fsp3) is 0.333. The second-order valence-electron chi connectivity index (χ2n) is 5.46. The zero-order valence-corrected chi connectivity index (χ0v) is 13.3. The van der Waals surface area contributed by atoms with Gasteiger partial charge in [-0.2, -0.15) is 0 Å². The van der Waals surface area contributed by atoms with Crippen molar-refractivity contribution in [1.29, 1.82) is 0 Å². The molecule has 0 bridgehead atoms. The fourth-order valence-corrected chi connectivity index (χ4v) is 3.06. The molecule has 0 amide bonds. The Morgan fingerprint density at radius 1 is 0.905 bits per heavy atom. The molecule has 0 saturated carbocycles. The summed E-state index contributed by atoms with van der Waals surface area (Å²) in [7, 11) is 0. The maximum Gasteiger partial charge on any atom is 0.0605 e. The van der Waals surface area contributed by atoms with Gasteiger partial charge in [-0.1, -0.05) is 54.6 Å². The quantitative estimate of drug-likeness (QED) is 0.935. The maximum absolute atomic E-state index is 3.45. The minimum atomic E-state index is 0. The van der Waals surface area contributed by atoms with Gasteiger partial charge in [-0.05, 0) is 23.6 Å². The summed E-state index contributed by atoms with van der Waals surface area (Å²) in [5.41, 5.74) is 4.20. The van der Waals surface area contributed by atoms with Crippen LogP contribution in [-0.4, -0.2) is 31.1 Å². The van der Waals surface area contributed by atoms with Gasteiger partial charge in [-0.15, -0.1) is 12.4 Å². The van der Waals surface area contributed by atoms with E-state index in [9.17, 15) is 0 Å². The number of nitrogens with one attached hydrogen (secondary N) is 1. The Bertz CT molecular complexity index is 550. The van der Waals surface area contributed by atoms with Crippen molar-refractivity contribution >= 4 is 12.4 Å². The molecule has 2 aromatic rings. The van der Waals surface area contributed by atoms with Crippen LogP contribution in [0.25, 0.3) is 0 Å². The van der Waals surface area contributed by atoms with Gasteiger partial charge in [0.2, 0.25) is 0 Å². The summed E-state index contributed by atoms with van der Waals surface area (Å²) in [6.45, 7) is 6.58. The molecule has 1 heterocycles. The lowest BCUT2D eigenvalue weighted by atomic mass is 9.93. The smallest absolute Gasteiger partial charge is 0.0605 e. The summed E-state index contributed by atoms with van der Waals surface area (Å²) >= 11 is 0. The second-order valence-corrected chi connectivity index (χ2v) is 5.46. The van der Waals surface area contributed by atoms with Gasteiger partial charge >= 0.3 is 0 Å². The molecule has 1 saturated heterocycles. The Kier molecular flexibility index (Phi) is 5.80. The molecule has 1 N–H and O–H groups in total. The van der Waals surface area contributed by atoms with E-state index in [2.05, 4.69) is 71.7 Å². The molecule has 2 nitrogen and oxygen atoms in total. The van der Waals surface area contributed by atoms with Crippen LogP contribution in [0.1, 0.15) is 22.7 Å². The highest BCUT2D eigenvalue weighted by Gasteiger charge is 2.24. The van der Waals surface area contributed by atoms with E-state index in [0.29, 0.717) is 6.04 Å². The maximum atomic E-state index is 3.45. The minimum absolute atomic E-state index is 0. The number of aryl methyl sites for hydroxylation is 1. The lowest BCUT2D eigenvalue weighted by molar-refractivity contribution is 0.198. The molecule has 112 valence electrons. The number of hydrogen-bond donors (Lipinski definition) is 1. The highest BCUT2D eigenvalue weighted by molar-refractivity contribution is 5.85. The number of benzene rings is 2. The SMILES string of the molecule is Cc1ccccc1C(c1ccccc1)N1CCNCC1.Cl. The van der Waals surface area contributed by atoms with E-state index >= 15 is 0 Å². The monoisotopic (exact) mass is 302 g/mol. The third-order valence-electron chi connectivity index (χ3n) is 4.12. The van der Waals surface area contributed by atoms with E-state index < -0.39 is 0 Å². The van der Waals surface area contributed by atoms with Crippen LogP contribution in [0.3, 0.4) is 0 Å². The molecule has 0 spiro atoms. The van der Waals surface area contributed by atoms with Gasteiger partial charge in [0.25, 0.3) is 0 Å². The fourth-order valence-electron chi connectivity index (χ4n) is 3.06. The third kappa shape index (κ3) is 3.65. The largest absolute Gasteiger partial charge is 0.314 e. The highest BCUT2D eigenvalue weighted by atomic mass is 35.5. The highest BCUT2D eigenvalue weighted by Crippen LogP contribution is 2.30. The Balaban J connectivity index is 0.00000161. The van der Waals surface area contributed by atoms with Crippen LogP contribution in [0.15, 0.2) is 54.6 Å². The number of halogens is 1. The Hall–Kier alpha value is -1.35. The number of nitrogens with zero attached hydrogens (tertiary/aromatic N) is 1. The number of piperazine rings is 1. The first-order valence-corrected chi connectivity index (χ1v) is 7.41. The van der Waals surface area contributed by atoms with Gasteiger partial charge in [0.15, 0.2) is 0 Å². The van der Waals surface area contributed by atoms with Crippen LogP contribution in [0, 0.1) is 6.92 Å². The predicted octanol–water partition coefficient (Wildman–Crippen LogP) is 3.41. The van der Waals surface area contributed by atoms with Crippen molar-refractivity contribution < 1.29 is 0 Å². The van der Waals surface area contributed by atoms with Crippen molar-refractivity contribution in [2.45, 2.75) is 13.0 Å². The van der Waals surface area contributed by atoms with Gasteiger partial charge in [0.05, 0.1) is 6.04 Å². The van der Waals surface area contributed by atoms with Crippen molar-refractivity contribution in [2.24, 2.45) is 0 Å². The zero-order valence-electron chi connectivity index (χ0n) is 12.5. The standard InChI is InChI=1S/C18H22N2.ClH/c1-15-7-5-6-10-17(15)18(16-8-3-2-4-9-16)20-13-11-19-12-14-20;/h2-10,18-19H,11-14H2,1H3;1H. The van der Waals surface area contributed by atoms with Gasteiger partial charge in [-0.3, -0.25) is 4.90 Å². The first kappa shape index (κ1) is 16.0. The van der Waals surface area contributed by atoms with Crippen LogP contribution in [0.4, 0.5) is 0 Å². The summed E-state index contributed by atoms with van der Waals surface area (Å²) in [6, 6.07) is 20.0. The number of hydrogen-bond acceptors (Lipinski definition) is 2. The number of rotatable bonds is 3. The van der Waals surface area contributed by atoms with Crippen molar-refractivity contribution in [2.75, 3.05) is 26.2 Å². The molecule has 1 atom stereocenters. The van der Waals surface area contributed by atoms with E-state index in [-0.39, 0.29) is 12.4 Å². The van der Waals surface area contributed by atoms with Crippen molar-refractivity contribution in [3.8, 4) is 0 Å². The first-order chi connectivity index (χ1) is 9.86. The minimum Gasteiger partial charge on any atom is -0.314 e. The van der Waals surface area contributed by atoms with E-state index in [1.54, 1.807) is 0 Å². The Morgan fingerprint density at radius 3 is 2.19 bits per heavy atom. The summed E-state index contributed by atoms with van der Waals surface area (Å²) in [4.78, 5) is 2.59. The van der Waals surface area contributed by atoms with Gasteiger partial charge in [0, 0.05) is 26.2 Å². The molecule has 0 aromatic heterocycles. The van der Waals surface area contributed by atoms with Gasteiger partial charge in [-0.25, -0.2) is 0 Å². The molecule has 21 heavy (non-hydrogen) atoms. The lowest BCUT2D eigenvalue weighted by Crippen LogP contribution is -2.45. The summed E-state index contributed by atoms with van der Waals surface area (Å²) < 4.78 is 0. The molecule has 0 radical (unpaired) electrons. The van der Waals surface area contributed by atoms with Crippen molar-refractivity contribution in [1.82, 2.24) is 10.2 Å². The summed E-state index contributed by atoms with van der Waals surface area (Å²) in [5.74, 6) is 0. The average Bonchev–Trinajstić information content (AvgIpc) is 2.52. The van der Waals surface area contributed by atoms with Crippen LogP contribution in [-0.2, 0) is 0 Å². The molecule has 3 rings (SSSR count). The van der Waals surface area contributed by atoms with Crippen LogP contribution < -0.4 is 5.32 Å². The van der Waals surface area contributed by atoms with Crippen LogP contribution in [0.5, 0.6) is 0 Å². The summed E-state index contributed by atoms with van der Waals surface area (Å²) in [6.07, 6.45) is 0. The van der Waals surface area contributed by atoms with Crippen LogP contribution >= 0.6 is 12.4 Å². The van der Waals surface area contributed by atoms with E-state index in [1.807, 2.05) is 0 Å². The Labute approximate surface area is 133 Å². The molecule has 1 unspecified atom stereocenters. The molecule has 0 aliphatic carbocycles. The molecule has 3 heteroatoms. The topological polar surface area (TPSA) is 15.3 Å². The van der Waals surface area contributed by atoms with Crippen molar-refractivity contribution in [3.63, 3.8) is 0 Å². The van der Waals surface area contributed by atoms with Crippen molar-refractivity contribution in [3.05, 3.63) is 71.3 Å². The zero-order chi connectivity index (χ0) is 13.8. The Morgan fingerprint density at radius 2 is 1.52 bits per heavy atom. The van der Waals surface area contributed by atoms with Crippen LogP contribution in [0.2, 0.25) is 0 Å². The van der Waals surface area contributed by atoms with Gasteiger partial charge in [0.1, 0.15) is 0 Å². The molecular formula is C18H23ClN2. The van der Waals surface area contributed by atoms with E-state index in [0.717, 1.165) is 26.2 Å². The van der Waals surface area contributed by atoms with E-state index in [1.165, 1.54) is 16.7 Å². The molecule has 1 fully saturated rings. The first-order valence-electron chi connectivity index (χ1n) is 7.41. The molecule has 1 aliphatic rings. The predicted molar refractivity (Wildman–Crippen MR) is 91.2 cm³/mol. The van der Waals surface area contributed by atoms with Gasteiger partial charge < -0.3 is 5.32 Å². The normalized spacial score (nSPS) is 17.0. The molecule has 2 aromatic carbocycles. The molecular weight excluding hydrogens is 280 g/mol. The third-order valence-corrected chi connectivity index (χ3v) is 4.12. The summed E-state index contributed by atoms with van der Waals surface area (Å²) in [5, 5.41) is 3.45. The molecule has 1 aliphatic heterocycles.